The number of methoxy groups -OCH3 is 1. The highest BCUT2D eigenvalue weighted by molar-refractivity contribution is 9.10. The predicted molar refractivity (Wildman–Crippen MR) is 84.9 cm³/mol. The Balaban J connectivity index is 1.97. The van der Waals surface area contributed by atoms with Crippen LogP contribution >= 0.6 is 15.9 Å². The van der Waals surface area contributed by atoms with Crippen molar-refractivity contribution >= 4 is 21.6 Å². The monoisotopic (exact) mass is 349 g/mol. The average Bonchev–Trinajstić information content (AvgIpc) is 2.51. The lowest BCUT2D eigenvalue weighted by Gasteiger charge is -2.31. The van der Waals surface area contributed by atoms with E-state index < -0.39 is 0 Å². The van der Waals surface area contributed by atoms with Gasteiger partial charge in [0.25, 0.3) is 5.56 Å². The first kappa shape index (κ1) is 14.1. The fourth-order valence-electron chi connectivity index (χ4n) is 2.69. The molecule has 110 valence electrons. The molecule has 0 aliphatic carbocycles. The topological polar surface area (TPSA) is 47.4 Å². The summed E-state index contributed by atoms with van der Waals surface area (Å²) >= 11 is 3.39. The summed E-state index contributed by atoms with van der Waals surface area (Å²) < 4.78 is 7.31. The number of anilines is 1. The molecular formula is C15H16BrN3O2. The molecule has 0 saturated carbocycles. The number of nitrogens with zero attached hydrogens (tertiary/aromatic N) is 3. The molecule has 1 aromatic carbocycles. The predicted octanol–water partition coefficient (Wildman–Crippen LogP) is 2.11. The summed E-state index contributed by atoms with van der Waals surface area (Å²) in [5.74, 6) is 0.938. The summed E-state index contributed by atoms with van der Waals surface area (Å²) in [6, 6.07) is 6.09. The van der Waals surface area contributed by atoms with E-state index in [1.165, 1.54) is 15.8 Å². The maximum atomic E-state index is 12.0. The Morgan fingerprint density at radius 1 is 1.38 bits per heavy atom. The zero-order valence-electron chi connectivity index (χ0n) is 12.0. The number of hydrogen-bond donors (Lipinski definition) is 0. The lowest BCUT2D eigenvalue weighted by Crippen LogP contribution is -2.33. The van der Waals surface area contributed by atoms with E-state index in [1.807, 2.05) is 12.1 Å². The largest absolute Gasteiger partial charge is 0.496 e. The summed E-state index contributed by atoms with van der Waals surface area (Å²) in [4.78, 5) is 14.2. The van der Waals surface area contributed by atoms with Gasteiger partial charge < -0.3 is 9.64 Å². The molecule has 2 aromatic rings. The van der Waals surface area contributed by atoms with Gasteiger partial charge in [-0.25, -0.2) is 4.68 Å². The van der Waals surface area contributed by atoms with E-state index in [0.29, 0.717) is 4.47 Å². The number of rotatable bonds is 2. The van der Waals surface area contributed by atoms with Crippen LogP contribution in [-0.2, 0) is 20.0 Å². The second kappa shape index (κ2) is 5.52. The molecule has 2 heterocycles. The fourth-order valence-corrected chi connectivity index (χ4v) is 3.30. The molecule has 6 heteroatoms. The van der Waals surface area contributed by atoms with E-state index in [2.05, 4.69) is 32.0 Å². The van der Waals surface area contributed by atoms with E-state index in [0.717, 1.165) is 30.9 Å². The van der Waals surface area contributed by atoms with Crippen LogP contribution in [0, 0.1) is 0 Å². The summed E-state index contributed by atoms with van der Waals surface area (Å²) in [5, 5.41) is 4.11. The van der Waals surface area contributed by atoms with Gasteiger partial charge >= 0.3 is 0 Å². The van der Waals surface area contributed by atoms with Crippen molar-refractivity contribution in [2.45, 2.75) is 13.0 Å². The quantitative estimate of drug-likeness (QED) is 0.833. The first-order valence-corrected chi connectivity index (χ1v) is 7.52. The van der Waals surface area contributed by atoms with Crippen LogP contribution in [-0.4, -0.2) is 23.4 Å². The van der Waals surface area contributed by atoms with Crippen molar-refractivity contribution in [1.29, 1.82) is 0 Å². The molecule has 0 atom stereocenters. The van der Waals surface area contributed by atoms with Crippen LogP contribution in [0.1, 0.15) is 11.1 Å². The summed E-state index contributed by atoms with van der Waals surface area (Å²) in [5.41, 5.74) is 3.20. The molecule has 0 radical (unpaired) electrons. The molecule has 0 spiro atoms. The number of hydrogen-bond acceptors (Lipinski definition) is 4. The van der Waals surface area contributed by atoms with Gasteiger partial charge in [-0.3, -0.25) is 4.79 Å². The minimum atomic E-state index is -0.121. The van der Waals surface area contributed by atoms with Crippen LogP contribution in [0.3, 0.4) is 0 Å². The number of aromatic nitrogens is 2. The normalized spacial score (nSPS) is 14.0. The number of aryl methyl sites for hydroxylation is 1. The lowest BCUT2D eigenvalue weighted by atomic mass is 9.98. The average molecular weight is 350 g/mol. The Kier molecular flexibility index (Phi) is 3.71. The molecule has 0 bridgehead atoms. The SMILES string of the molecule is COc1cccc2c1CCN(c1cnn(C)c(=O)c1Br)C2. The molecule has 0 fully saturated rings. The third-order valence-electron chi connectivity index (χ3n) is 3.84. The Labute approximate surface area is 131 Å². The van der Waals surface area contributed by atoms with Crippen molar-refractivity contribution in [3.63, 3.8) is 0 Å². The van der Waals surface area contributed by atoms with Crippen LogP contribution in [0.25, 0.3) is 0 Å². The molecule has 1 aromatic heterocycles. The Morgan fingerprint density at radius 2 is 2.19 bits per heavy atom. The fraction of sp³-hybridized carbons (Fsp3) is 0.333. The van der Waals surface area contributed by atoms with Gasteiger partial charge in [-0.15, -0.1) is 0 Å². The zero-order chi connectivity index (χ0) is 15.0. The third kappa shape index (κ3) is 2.44. The summed E-state index contributed by atoms with van der Waals surface area (Å²) in [6.07, 6.45) is 2.62. The second-order valence-electron chi connectivity index (χ2n) is 5.04. The van der Waals surface area contributed by atoms with Crippen LogP contribution in [0.5, 0.6) is 5.75 Å². The van der Waals surface area contributed by atoms with Gasteiger partial charge in [-0.1, -0.05) is 12.1 Å². The van der Waals surface area contributed by atoms with E-state index in [4.69, 9.17) is 4.74 Å². The van der Waals surface area contributed by atoms with Gasteiger partial charge in [-0.2, -0.15) is 5.10 Å². The maximum absolute atomic E-state index is 12.0. The van der Waals surface area contributed by atoms with Crippen molar-refractivity contribution in [3.8, 4) is 5.75 Å². The van der Waals surface area contributed by atoms with Crippen molar-refractivity contribution in [3.05, 3.63) is 50.3 Å². The van der Waals surface area contributed by atoms with Crippen LogP contribution in [0.15, 0.2) is 33.7 Å². The van der Waals surface area contributed by atoms with Gasteiger partial charge in [-0.05, 0) is 34.0 Å². The molecule has 0 amide bonds. The minimum Gasteiger partial charge on any atom is -0.496 e. The minimum absolute atomic E-state index is 0.121. The zero-order valence-corrected chi connectivity index (χ0v) is 13.6. The number of halogens is 1. The lowest BCUT2D eigenvalue weighted by molar-refractivity contribution is 0.407. The Hall–Kier alpha value is -1.82. The van der Waals surface area contributed by atoms with Gasteiger partial charge in [0.05, 0.1) is 19.0 Å². The molecule has 5 nitrogen and oxygen atoms in total. The van der Waals surface area contributed by atoms with Crippen molar-refractivity contribution < 1.29 is 4.74 Å². The number of ether oxygens (including phenoxy) is 1. The van der Waals surface area contributed by atoms with E-state index >= 15 is 0 Å². The molecule has 1 aliphatic heterocycles. The number of benzene rings is 1. The number of fused-ring (bicyclic) bond motifs is 1. The van der Waals surface area contributed by atoms with E-state index in [-0.39, 0.29) is 5.56 Å². The first-order chi connectivity index (χ1) is 10.1. The summed E-state index contributed by atoms with van der Waals surface area (Å²) in [7, 11) is 3.34. The molecule has 0 unspecified atom stereocenters. The Bertz CT molecular complexity index is 742. The van der Waals surface area contributed by atoms with Crippen LogP contribution in [0.2, 0.25) is 0 Å². The van der Waals surface area contributed by atoms with Gasteiger partial charge in [0.1, 0.15) is 10.2 Å². The molecule has 0 N–H and O–H groups in total. The van der Waals surface area contributed by atoms with Crippen molar-refractivity contribution in [2.24, 2.45) is 7.05 Å². The highest BCUT2D eigenvalue weighted by Crippen LogP contribution is 2.31. The second-order valence-corrected chi connectivity index (χ2v) is 5.84. The molecule has 0 saturated heterocycles. The van der Waals surface area contributed by atoms with Crippen molar-refractivity contribution in [1.82, 2.24) is 9.78 Å². The van der Waals surface area contributed by atoms with Crippen molar-refractivity contribution in [2.75, 3.05) is 18.6 Å². The van der Waals surface area contributed by atoms with Gasteiger partial charge in [0, 0.05) is 25.7 Å². The van der Waals surface area contributed by atoms with E-state index in [1.54, 1.807) is 20.4 Å². The highest BCUT2D eigenvalue weighted by Gasteiger charge is 2.22. The maximum Gasteiger partial charge on any atom is 0.282 e. The van der Waals surface area contributed by atoms with Crippen LogP contribution < -0.4 is 15.2 Å². The molecule has 21 heavy (non-hydrogen) atoms. The molecule has 3 rings (SSSR count). The smallest absolute Gasteiger partial charge is 0.282 e. The van der Waals surface area contributed by atoms with E-state index in [9.17, 15) is 4.79 Å². The highest BCUT2D eigenvalue weighted by atomic mass is 79.9. The summed E-state index contributed by atoms with van der Waals surface area (Å²) in [6.45, 7) is 1.58. The van der Waals surface area contributed by atoms with Gasteiger partial charge in [0.15, 0.2) is 0 Å². The standard InChI is InChI=1S/C15H16BrN3O2/c1-18-15(20)14(16)12(8-17-18)19-7-6-11-10(9-19)4-3-5-13(11)21-2/h3-5,8H,6-7,9H2,1-2H3. The third-order valence-corrected chi connectivity index (χ3v) is 4.59. The van der Waals surface area contributed by atoms with Gasteiger partial charge in [0.2, 0.25) is 0 Å². The molecular weight excluding hydrogens is 334 g/mol. The first-order valence-electron chi connectivity index (χ1n) is 6.73. The van der Waals surface area contributed by atoms with Crippen LogP contribution in [0.4, 0.5) is 5.69 Å². The molecule has 1 aliphatic rings. The Morgan fingerprint density at radius 3 is 2.95 bits per heavy atom.